The number of rotatable bonds is 6. The Labute approximate surface area is 154 Å². The van der Waals surface area contributed by atoms with Crippen LogP contribution in [0.15, 0.2) is 0 Å². The van der Waals surface area contributed by atoms with Crippen LogP contribution in [-0.2, 0) is 0 Å². The molecular weight excluding hydrogens is 544 g/mol. The van der Waals surface area contributed by atoms with Crippen molar-refractivity contribution in [3.05, 3.63) is 0 Å². The molecule has 0 saturated carbocycles. The number of halogens is 16. The van der Waals surface area contributed by atoms with Gasteiger partial charge in [0.25, 0.3) is 11.3 Å². The van der Waals surface area contributed by atoms with Gasteiger partial charge in [-0.1, -0.05) is 0 Å². The minimum absolute atomic E-state index is 0.608. The van der Waals surface area contributed by atoms with Gasteiger partial charge >= 0.3 is 24.7 Å². The Morgan fingerprint density at radius 1 is 0.519 bits per heavy atom. The fourth-order valence-electron chi connectivity index (χ4n) is 2.07. The molecule has 0 N–H and O–H groups in total. The third-order valence-corrected chi connectivity index (χ3v) is 3.96. The van der Waals surface area contributed by atoms with Crippen molar-refractivity contribution >= 4 is 22.6 Å². The summed E-state index contributed by atoms with van der Waals surface area (Å²) in [6.45, 7) is 0. The van der Waals surface area contributed by atoms with Crippen molar-refractivity contribution in [1.82, 2.24) is 0 Å². The van der Waals surface area contributed by atoms with Crippen molar-refractivity contribution in [2.45, 2.75) is 59.5 Å². The smallest absolute Gasteiger partial charge is 0.236 e. The Bertz CT molecular complexity index is 414. The van der Waals surface area contributed by atoms with E-state index in [1.165, 1.54) is 0 Å². The van der Waals surface area contributed by atoms with Gasteiger partial charge < -0.3 is 0 Å². The van der Waals surface area contributed by atoms with Crippen LogP contribution < -0.4 is 0 Å². The summed E-state index contributed by atoms with van der Waals surface area (Å²) in [4.78, 5) is 0. The molecule has 0 saturated heterocycles. The summed E-state index contributed by atoms with van der Waals surface area (Å²) >= 11 is 0.608. The highest BCUT2D eigenvalue weighted by Crippen LogP contribution is 2.55. The summed E-state index contributed by atoms with van der Waals surface area (Å²) in [5.41, 5.74) is -12.5. The van der Waals surface area contributed by atoms with E-state index in [1.807, 2.05) is 0 Å². The van der Waals surface area contributed by atoms with Crippen molar-refractivity contribution in [3.8, 4) is 0 Å². The van der Waals surface area contributed by atoms with E-state index in [1.54, 1.807) is 0 Å². The average Bonchev–Trinajstić information content (AvgIpc) is 2.31. The number of hydrogen-bond acceptors (Lipinski definition) is 0. The largest absolute Gasteiger partial charge is 0.431 e. The maximum Gasteiger partial charge on any atom is 0.431 e. The fraction of sp³-hybridized carbons (Fsp3) is 1.00. The highest BCUT2D eigenvalue weighted by atomic mass is 127. The third-order valence-electron chi connectivity index (χ3n) is 3.45. The highest BCUT2D eigenvalue weighted by molar-refractivity contribution is 14.1. The van der Waals surface area contributed by atoms with Gasteiger partial charge in [-0.3, -0.25) is 0 Å². The number of hydrogen-bond donors (Lipinski definition) is 0. The van der Waals surface area contributed by atoms with Gasteiger partial charge in [0.15, 0.2) is 4.18 Å². The molecule has 0 nitrogen and oxygen atoms in total. The maximum atomic E-state index is 13.6. The van der Waals surface area contributed by atoms with Crippen LogP contribution >= 0.6 is 22.6 Å². The van der Waals surface area contributed by atoms with Crippen molar-refractivity contribution in [2.24, 2.45) is 5.92 Å². The van der Waals surface area contributed by atoms with E-state index in [0.717, 1.165) is 0 Å². The predicted molar refractivity (Wildman–Crippen MR) is 68.2 cm³/mol. The van der Waals surface area contributed by atoms with Crippen molar-refractivity contribution in [3.63, 3.8) is 0 Å². The first kappa shape index (κ1) is 26.7. The van der Waals surface area contributed by atoms with Crippen LogP contribution in [0.4, 0.5) is 65.9 Å². The van der Waals surface area contributed by atoms with Gasteiger partial charge in [-0.15, -0.1) is 0 Å². The summed E-state index contributed by atoms with van der Waals surface area (Å²) in [5, 5.41) is 0. The van der Waals surface area contributed by atoms with Crippen LogP contribution in [0.5, 0.6) is 0 Å². The van der Waals surface area contributed by atoms with E-state index in [4.69, 9.17) is 0 Å². The van der Waals surface area contributed by atoms with Crippen LogP contribution in [-0.4, -0.2) is 40.2 Å². The molecule has 16 heteroatoms. The second-order valence-electron chi connectivity index (χ2n) is 5.49. The van der Waals surface area contributed by atoms with Crippen LogP contribution in [0, 0.1) is 5.92 Å². The Hall–Kier alpha value is -0.320. The minimum Gasteiger partial charge on any atom is -0.236 e. The topological polar surface area (TPSA) is 0 Å². The lowest BCUT2D eigenvalue weighted by atomic mass is 9.81. The summed E-state index contributed by atoms with van der Waals surface area (Å²) in [6.07, 6.45) is -35.2. The zero-order chi connectivity index (χ0) is 22.3. The molecule has 0 spiro atoms. The van der Waals surface area contributed by atoms with Gasteiger partial charge in [0.05, 0.1) is 0 Å². The highest BCUT2D eigenvalue weighted by Gasteiger charge is 2.75. The average molecular weight is 552 g/mol. The van der Waals surface area contributed by atoms with Gasteiger partial charge in [-0.05, 0) is 34.9 Å². The van der Waals surface area contributed by atoms with E-state index in [0.29, 0.717) is 22.6 Å². The molecular formula is C11H8F15I. The molecule has 27 heavy (non-hydrogen) atoms. The molecule has 0 radical (unpaired) electrons. The van der Waals surface area contributed by atoms with Gasteiger partial charge in [-0.25, -0.2) is 13.2 Å². The Balaban J connectivity index is 6.16. The quantitative estimate of drug-likeness (QED) is 0.186. The standard InChI is InChI=1S/C11H8F15I/c12-5(27)1-4(2-6(13,8(15,16)17)9(18,19)20)3-7(14,10(21,22)23)11(24,25)26/h4-5H,1-3H2. The SMILES string of the molecule is FC(I)CC(CC(F)(C(F)(F)F)C(F)(F)F)CC(F)(C(F)(F)F)C(F)(F)F. The normalized spacial score (nSPS) is 16.8. The molecule has 0 aromatic carbocycles. The predicted octanol–water partition coefficient (Wildman–Crippen LogP) is 7.17. The van der Waals surface area contributed by atoms with Crippen LogP contribution in [0.1, 0.15) is 19.3 Å². The molecule has 0 amide bonds. The first-order valence-corrected chi connectivity index (χ1v) is 7.67. The van der Waals surface area contributed by atoms with Gasteiger partial charge in [0.1, 0.15) is 0 Å². The van der Waals surface area contributed by atoms with Crippen LogP contribution in [0.2, 0.25) is 0 Å². The van der Waals surface area contributed by atoms with E-state index in [-0.39, 0.29) is 0 Å². The maximum absolute atomic E-state index is 13.6. The molecule has 164 valence electrons. The van der Waals surface area contributed by atoms with E-state index in [9.17, 15) is 65.9 Å². The summed E-state index contributed by atoms with van der Waals surface area (Å²) in [6, 6.07) is 0. The molecule has 0 heterocycles. The third kappa shape index (κ3) is 5.83. The lowest BCUT2D eigenvalue weighted by molar-refractivity contribution is -0.356. The van der Waals surface area contributed by atoms with Gasteiger partial charge in [-0.2, -0.15) is 52.7 Å². The molecule has 0 aliphatic heterocycles. The van der Waals surface area contributed by atoms with E-state index >= 15 is 0 Å². The van der Waals surface area contributed by atoms with Crippen molar-refractivity contribution in [1.29, 1.82) is 0 Å². The molecule has 1 unspecified atom stereocenters. The second-order valence-corrected chi connectivity index (χ2v) is 6.85. The summed E-state index contributed by atoms with van der Waals surface area (Å²) < 4.78 is 187. The molecule has 0 aliphatic rings. The second kappa shape index (κ2) is 7.84. The zero-order valence-electron chi connectivity index (χ0n) is 12.3. The summed E-state index contributed by atoms with van der Waals surface area (Å²) in [5.74, 6) is -3.25. The molecule has 0 aromatic heterocycles. The van der Waals surface area contributed by atoms with Crippen LogP contribution in [0.25, 0.3) is 0 Å². The van der Waals surface area contributed by atoms with Crippen molar-refractivity contribution < 1.29 is 65.9 Å². The Kier molecular flexibility index (Phi) is 7.74. The Morgan fingerprint density at radius 2 is 0.741 bits per heavy atom. The van der Waals surface area contributed by atoms with Gasteiger partial charge in [0.2, 0.25) is 0 Å². The molecule has 0 fully saturated rings. The summed E-state index contributed by atoms with van der Waals surface area (Å²) in [7, 11) is 0. The molecule has 1 atom stereocenters. The molecule has 0 bridgehead atoms. The minimum atomic E-state index is -6.81. The molecule has 0 rings (SSSR count). The monoisotopic (exact) mass is 552 g/mol. The Morgan fingerprint density at radius 3 is 0.889 bits per heavy atom. The van der Waals surface area contributed by atoms with E-state index in [2.05, 4.69) is 0 Å². The first-order valence-electron chi connectivity index (χ1n) is 6.42. The van der Waals surface area contributed by atoms with Gasteiger partial charge in [0, 0.05) is 12.8 Å². The van der Waals surface area contributed by atoms with E-state index < -0.39 is 65.4 Å². The first-order chi connectivity index (χ1) is 11.5. The van der Waals surface area contributed by atoms with Crippen LogP contribution in [0.3, 0.4) is 0 Å². The zero-order valence-corrected chi connectivity index (χ0v) is 14.5. The lowest BCUT2D eigenvalue weighted by Crippen LogP contribution is -2.57. The fourth-order valence-corrected chi connectivity index (χ4v) is 2.79. The lowest BCUT2D eigenvalue weighted by Gasteiger charge is -2.37. The molecule has 0 aliphatic carbocycles. The molecule has 0 aromatic rings. The number of alkyl halides is 16. The van der Waals surface area contributed by atoms with Crippen molar-refractivity contribution in [2.75, 3.05) is 0 Å².